The highest BCUT2D eigenvalue weighted by atomic mass is 32.2. The van der Waals surface area contributed by atoms with Crippen molar-refractivity contribution in [2.24, 2.45) is 0 Å². The molecule has 27 heavy (non-hydrogen) atoms. The van der Waals surface area contributed by atoms with E-state index in [4.69, 9.17) is 4.74 Å². The third-order valence-corrected chi connectivity index (χ3v) is 8.52. The van der Waals surface area contributed by atoms with Gasteiger partial charge in [0.05, 0.1) is 26.3 Å². The Bertz CT molecular complexity index is 843. The molecule has 1 aliphatic heterocycles. The summed E-state index contributed by atoms with van der Waals surface area (Å²) < 4.78 is 32.3. The number of rotatable bonds is 7. The highest BCUT2D eigenvalue weighted by molar-refractivity contribution is 7.91. The lowest BCUT2D eigenvalue weighted by atomic mass is 10.4. The first-order valence-electron chi connectivity index (χ1n) is 8.72. The van der Waals surface area contributed by atoms with Crippen LogP contribution in [0.1, 0.15) is 16.7 Å². The Morgan fingerprint density at radius 3 is 2.70 bits per heavy atom. The second-order valence-electron chi connectivity index (χ2n) is 5.99. The van der Waals surface area contributed by atoms with Crippen molar-refractivity contribution in [1.29, 1.82) is 0 Å². The maximum atomic E-state index is 12.7. The highest BCUT2D eigenvalue weighted by Gasteiger charge is 2.27. The lowest BCUT2D eigenvalue weighted by Crippen LogP contribution is -2.40. The van der Waals surface area contributed by atoms with E-state index in [0.29, 0.717) is 50.1 Å². The smallest absolute Gasteiger partial charge is 0.318 e. The van der Waals surface area contributed by atoms with Crippen LogP contribution in [0.3, 0.4) is 0 Å². The number of nitrogens with one attached hydrogen (secondary N) is 1. The molecule has 2 aromatic heterocycles. The number of carbonyl (C=O) groups excluding carboxylic acids is 1. The highest BCUT2D eigenvalue weighted by Crippen LogP contribution is 2.25. The van der Waals surface area contributed by atoms with Crippen LogP contribution in [0.5, 0.6) is 0 Å². The van der Waals surface area contributed by atoms with E-state index in [1.807, 2.05) is 24.4 Å². The van der Waals surface area contributed by atoms with Gasteiger partial charge in [0.15, 0.2) is 0 Å². The molecule has 2 amide bonds. The zero-order valence-electron chi connectivity index (χ0n) is 15.1. The van der Waals surface area contributed by atoms with Crippen molar-refractivity contribution in [3.05, 3.63) is 39.4 Å². The van der Waals surface area contributed by atoms with Crippen molar-refractivity contribution in [2.45, 2.75) is 24.2 Å². The number of amides is 2. The molecule has 0 bridgehead atoms. The minimum atomic E-state index is -3.48. The van der Waals surface area contributed by atoms with Crippen molar-refractivity contribution in [1.82, 2.24) is 14.5 Å². The van der Waals surface area contributed by atoms with E-state index < -0.39 is 10.0 Å². The molecule has 0 radical (unpaired) electrons. The number of hydrogen-bond acceptors (Lipinski definition) is 6. The summed E-state index contributed by atoms with van der Waals surface area (Å²) in [7, 11) is -3.48. The average molecular weight is 430 g/mol. The Balaban J connectivity index is 1.57. The number of hydrogen-bond donors (Lipinski definition) is 1. The molecular formula is C17H23N3O4S3. The quantitative estimate of drug-likeness (QED) is 0.734. The average Bonchev–Trinajstić information content (AvgIpc) is 3.37. The summed E-state index contributed by atoms with van der Waals surface area (Å²) in [5.74, 6) is 0. The van der Waals surface area contributed by atoms with Crippen LogP contribution >= 0.6 is 22.7 Å². The first-order chi connectivity index (χ1) is 13.0. The van der Waals surface area contributed by atoms with Crippen molar-refractivity contribution in [2.75, 3.05) is 32.8 Å². The molecule has 0 aromatic carbocycles. The van der Waals surface area contributed by atoms with E-state index in [9.17, 15) is 13.2 Å². The predicted octanol–water partition coefficient (Wildman–Crippen LogP) is 2.56. The number of carbonyl (C=O) groups is 1. The molecule has 148 valence electrons. The van der Waals surface area contributed by atoms with E-state index in [1.165, 1.54) is 15.6 Å². The third kappa shape index (κ3) is 5.08. The maximum absolute atomic E-state index is 12.7. The number of urea groups is 1. The number of thiophene rings is 2. The standard InChI is InChI=1S/C17H23N3O4S3/c1-2-19(13-15-4-3-11-25-15)17(21)18-12-14-5-6-16(26-14)27(22,23)20-7-9-24-10-8-20/h3-6,11H,2,7-10,12-13H2,1H3,(H,18,21). The zero-order chi connectivity index (χ0) is 19.3. The van der Waals surface area contributed by atoms with Crippen LogP contribution in [0.25, 0.3) is 0 Å². The minimum Gasteiger partial charge on any atom is -0.379 e. The van der Waals surface area contributed by atoms with E-state index in [-0.39, 0.29) is 6.03 Å². The summed E-state index contributed by atoms with van der Waals surface area (Å²) in [5, 5.41) is 4.87. The van der Waals surface area contributed by atoms with Crippen LogP contribution < -0.4 is 5.32 Å². The van der Waals surface area contributed by atoms with Gasteiger partial charge >= 0.3 is 6.03 Å². The first kappa shape index (κ1) is 20.3. The summed E-state index contributed by atoms with van der Waals surface area (Å²) in [5.41, 5.74) is 0. The second-order valence-corrected chi connectivity index (χ2v) is 10.4. The Kier molecular flexibility index (Phi) is 6.88. The summed E-state index contributed by atoms with van der Waals surface area (Å²) in [6.07, 6.45) is 0. The zero-order valence-corrected chi connectivity index (χ0v) is 17.5. The number of ether oxygens (including phenoxy) is 1. The SMILES string of the molecule is CCN(Cc1cccs1)C(=O)NCc1ccc(S(=O)(=O)N2CCOCC2)s1. The maximum Gasteiger partial charge on any atom is 0.318 e. The topological polar surface area (TPSA) is 79.0 Å². The fraction of sp³-hybridized carbons (Fsp3) is 0.471. The molecule has 3 rings (SSSR count). The molecule has 0 spiro atoms. The molecule has 3 heterocycles. The fourth-order valence-corrected chi connectivity index (χ4v) is 6.28. The van der Waals surface area contributed by atoms with Gasteiger partial charge in [-0.05, 0) is 30.5 Å². The van der Waals surface area contributed by atoms with Gasteiger partial charge in [-0.15, -0.1) is 22.7 Å². The molecule has 10 heteroatoms. The summed E-state index contributed by atoms with van der Waals surface area (Å²) >= 11 is 2.82. The Morgan fingerprint density at radius 1 is 1.26 bits per heavy atom. The van der Waals surface area contributed by atoms with E-state index in [2.05, 4.69) is 5.32 Å². The molecule has 0 saturated carbocycles. The van der Waals surface area contributed by atoms with Gasteiger partial charge in [-0.25, -0.2) is 13.2 Å². The molecule has 1 N–H and O–H groups in total. The minimum absolute atomic E-state index is 0.156. The van der Waals surface area contributed by atoms with Gasteiger partial charge in [0.25, 0.3) is 10.0 Å². The molecule has 7 nitrogen and oxygen atoms in total. The van der Waals surface area contributed by atoms with Crippen molar-refractivity contribution in [3.63, 3.8) is 0 Å². The number of morpholine rings is 1. The Labute approximate surface area is 167 Å². The normalized spacial score (nSPS) is 15.6. The van der Waals surface area contributed by atoms with E-state index in [0.717, 1.165) is 9.75 Å². The lowest BCUT2D eigenvalue weighted by Gasteiger charge is -2.25. The fourth-order valence-electron chi connectivity index (χ4n) is 2.70. The summed E-state index contributed by atoms with van der Waals surface area (Å²) in [6.45, 7) is 5.01. The molecule has 0 aliphatic carbocycles. The van der Waals surface area contributed by atoms with E-state index >= 15 is 0 Å². The molecule has 1 aliphatic rings. The van der Waals surface area contributed by atoms with E-state index in [1.54, 1.807) is 28.4 Å². The molecule has 1 fully saturated rings. The van der Waals surface area contributed by atoms with Gasteiger partial charge in [0.1, 0.15) is 4.21 Å². The molecule has 1 saturated heterocycles. The molecule has 0 unspecified atom stereocenters. The molecular weight excluding hydrogens is 406 g/mol. The van der Waals surface area contributed by atoms with Crippen LogP contribution in [0.2, 0.25) is 0 Å². The monoisotopic (exact) mass is 429 g/mol. The van der Waals surface area contributed by atoms with Crippen LogP contribution in [0.4, 0.5) is 4.79 Å². The largest absolute Gasteiger partial charge is 0.379 e. The van der Waals surface area contributed by atoms with Gasteiger partial charge < -0.3 is 15.0 Å². The van der Waals surface area contributed by atoms with Gasteiger partial charge in [0.2, 0.25) is 0 Å². The van der Waals surface area contributed by atoms with Gasteiger partial charge in [-0.3, -0.25) is 0 Å². The second kappa shape index (κ2) is 9.16. The van der Waals surface area contributed by atoms with Crippen molar-refractivity contribution < 1.29 is 17.9 Å². The van der Waals surface area contributed by atoms with Gasteiger partial charge in [-0.1, -0.05) is 6.07 Å². The third-order valence-electron chi connectivity index (χ3n) is 4.21. The van der Waals surface area contributed by atoms with Crippen molar-refractivity contribution >= 4 is 38.7 Å². The lowest BCUT2D eigenvalue weighted by molar-refractivity contribution is 0.0731. The van der Waals surface area contributed by atoms with Crippen LogP contribution in [-0.4, -0.2) is 56.5 Å². The number of nitrogens with zero attached hydrogens (tertiary/aromatic N) is 2. The molecule has 2 aromatic rings. The van der Waals surface area contributed by atoms with Gasteiger partial charge in [0, 0.05) is 29.4 Å². The van der Waals surface area contributed by atoms with Crippen LogP contribution in [0.15, 0.2) is 33.9 Å². The van der Waals surface area contributed by atoms with Gasteiger partial charge in [-0.2, -0.15) is 4.31 Å². The van der Waals surface area contributed by atoms with Crippen molar-refractivity contribution in [3.8, 4) is 0 Å². The van der Waals surface area contributed by atoms with Crippen LogP contribution in [0, 0.1) is 0 Å². The Morgan fingerprint density at radius 2 is 2.04 bits per heavy atom. The molecule has 0 atom stereocenters. The summed E-state index contributed by atoms with van der Waals surface area (Å²) in [4.78, 5) is 16.1. The first-order valence-corrected chi connectivity index (χ1v) is 11.9. The predicted molar refractivity (Wildman–Crippen MR) is 107 cm³/mol. The summed E-state index contributed by atoms with van der Waals surface area (Å²) in [6, 6.07) is 7.18. The van der Waals surface area contributed by atoms with Crippen LogP contribution in [-0.2, 0) is 27.8 Å². The Hall–Kier alpha value is -1.46. The number of sulfonamides is 1.